The zero-order valence-electron chi connectivity index (χ0n) is 13.8. The zero-order chi connectivity index (χ0) is 19.2. The molecule has 0 radical (unpaired) electrons. The van der Waals surface area contributed by atoms with Gasteiger partial charge in [-0.25, -0.2) is 8.42 Å². The number of aryl methyl sites for hydroxylation is 1. The molecule has 0 heterocycles. The minimum absolute atomic E-state index is 0.00499. The van der Waals surface area contributed by atoms with Crippen molar-refractivity contribution in [2.45, 2.75) is 18.2 Å². The monoisotopic (exact) mass is 379 g/mol. The van der Waals surface area contributed by atoms with Crippen LogP contribution >= 0.6 is 0 Å². The molecule has 1 amide bonds. The summed E-state index contributed by atoms with van der Waals surface area (Å²) < 4.78 is 29.3. The van der Waals surface area contributed by atoms with Gasteiger partial charge in [0.25, 0.3) is 15.9 Å². The average Bonchev–Trinajstić information content (AvgIpc) is 2.65. The number of rotatable bonds is 8. The van der Waals surface area contributed by atoms with Gasteiger partial charge >= 0.3 is 5.69 Å². The van der Waals surface area contributed by atoms with Crippen molar-refractivity contribution in [1.29, 1.82) is 0 Å². The number of hydrazine groups is 1. The van der Waals surface area contributed by atoms with Gasteiger partial charge in [-0.1, -0.05) is 31.2 Å². The molecule has 0 aliphatic carbocycles. The summed E-state index contributed by atoms with van der Waals surface area (Å²) in [6, 6.07) is 11.8. The van der Waals surface area contributed by atoms with Crippen molar-refractivity contribution in [2.24, 2.45) is 0 Å². The molecule has 0 saturated heterocycles. The van der Waals surface area contributed by atoms with Crippen LogP contribution in [0.1, 0.15) is 12.5 Å². The minimum Gasteiger partial charge on any atom is -0.477 e. The third kappa shape index (κ3) is 5.01. The first-order valence-electron chi connectivity index (χ1n) is 7.59. The number of nitrogens with one attached hydrogen (secondary N) is 2. The summed E-state index contributed by atoms with van der Waals surface area (Å²) in [5.41, 5.74) is 2.68. The van der Waals surface area contributed by atoms with Gasteiger partial charge in [0.15, 0.2) is 12.4 Å². The molecular weight excluding hydrogens is 362 g/mol. The first-order chi connectivity index (χ1) is 12.3. The van der Waals surface area contributed by atoms with E-state index in [-0.39, 0.29) is 16.3 Å². The van der Waals surface area contributed by atoms with Gasteiger partial charge in [0, 0.05) is 6.07 Å². The van der Waals surface area contributed by atoms with Crippen LogP contribution < -0.4 is 15.0 Å². The lowest BCUT2D eigenvalue weighted by atomic mass is 10.2. The van der Waals surface area contributed by atoms with E-state index in [1.807, 2.05) is 17.2 Å². The number of amides is 1. The number of nitro groups is 1. The molecule has 0 unspecified atom stereocenters. The quantitative estimate of drug-likeness (QED) is 0.529. The summed E-state index contributed by atoms with van der Waals surface area (Å²) in [6.07, 6.45) is 0.771. The predicted molar refractivity (Wildman–Crippen MR) is 92.9 cm³/mol. The molecule has 0 fully saturated rings. The Hall–Kier alpha value is -2.98. The van der Waals surface area contributed by atoms with Gasteiger partial charge in [0.2, 0.25) is 0 Å². The highest BCUT2D eigenvalue weighted by Crippen LogP contribution is 2.25. The third-order valence-electron chi connectivity index (χ3n) is 3.39. The van der Waals surface area contributed by atoms with E-state index in [2.05, 4.69) is 0 Å². The van der Waals surface area contributed by atoms with Crippen LogP contribution in [0, 0.1) is 10.1 Å². The standard InChI is InChI=1S/C16H17N3O6S/c1-2-12-7-9-13(10-8-12)26(23,24)18-17-16(20)11-25-15-6-4-3-5-14(15)19(21)22/h3-10,18H,2,11H2,1H3,(H,17,20). The number of ether oxygens (including phenoxy) is 1. The fourth-order valence-corrected chi connectivity index (χ4v) is 2.86. The zero-order valence-corrected chi connectivity index (χ0v) is 14.7. The molecule has 0 saturated carbocycles. The molecular formula is C16H17N3O6S. The van der Waals surface area contributed by atoms with Gasteiger partial charge < -0.3 is 4.74 Å². The molecule has 0 bridgehead atoms. The Morgan fingerprint density at radius 3 is 2.42 bits per heavy atom. The van der Waals surface area contributed by atoms with Gasteiger partial charge in [-0.15, -0.1) is 4.83 Å². The number of carbonyl (C=O) groups is 1. The summed E-state index contributed by atoms with van der Waals surface area (Å²) in [5.74, 6) is -0.900. The van der Waals surface area contributed by atoms with Crippen LogP contribution in [0.3, 0.4) is 0 Å². The smallest absolute Gasteiger partial charge is 0.310 e. The summed E-state index contributed by atoms with van der Waals surface area (Å²) >= 11 is 0. The van der Waals surface area contributed by atoms with Crippen LogP contribution in [0.2, 0.25) is 0 Å². The summed E-state index contributed by atoms with van der Waals surface area (Å²) in [4.78, 5) is 23.9. The highest BCUT2D eigenvalue weighted by atomic mass is 32.2. The van der Waals surface area contributed by atoms with E-state index in [4.69, 9.17) is 4.74 Å². The predicted octanol–water partition coefficient (Wildman–Crippen LogP) is 1.55. The Morgan fingerprint density at radius 1 is 1.15 bits per heavy atom. The number of hydrogen-bond donors (Lipinski definition) is 2. The van der Waals surface area contributed by atoms with Gasteiger partial charge in [-0.3, -0.25) is 20.3 Å². The summed E-state index contributed by atoms with van der Waals surface area (Å²) in [7, 11) is -3.93. The molecule has 2 N–H and O–H groups in total. The van der Waals surface area contributed by atoms with Crippen molar-refractivity contribution < 1.29 is 22.9 Å². The van der Waals surface area contributed by atoms with E-state index in [0.717, 1.165) is 12.0 Å². The van der Waals surface area contributed by atoms with Crippen LogP contribution in [0.4, 0.5) is 5.69 Å². The Labute approximate surface area is 150 Å². The van der Waals surface area contributed by atoms with Gasteiger partial charge in [0.1, 0.15) is 0 Å². The van der Waals surface area contributed by atoms with E-state index in [0.29, 0.717) is 0 Å². The van der Waals surface area contributed by atoms with Crippen molar-refractivity contribution in [1.82, 2.24) is 10.3 Å². The number of carbonyl (C=O) groups excluding carboxylic acids is 1. The summed E-state index contributed by atoms with van der Waals surface area (Å²) in [5, 5.41) is 10.9. The lowest BCUT2D eigenvalue weighted by molar-refractivity contribution is -0.385. The van der Waals surface area contributed by atoms with E-state index < -0.39 is 27.5 Å². The molecule has 26 heavy (non-hydrogen) atoms. The number of nitrogens with zero attached hydrogens (tertiary/aromatic N) is 1. The fourth-order valence-electron chi connectivity index (χ4n) is 2.00. The first kappa shape index (κ1) is 19.3. The number of sulfonamides is 1. The lowest BCUT2D eigenvalue weighted by Gasteiger charge is -2.10. The van der Waals surface area contributed by atoms with Gasteiger partial charge in [0.05, 0.1) is 9.82 Å². The topological polar surface area (TPSA) is 128 Å². The molecule has 2 aromatic carbocycles. The van der Waals surface area contributed by atoms with Crippen LogP contribution in [-0.4, -0.2) is 25.9 Å². The van der Waals surface area contributed by atoms with E-state index in [1.165, 1.54) is 36.4 Å². The maximum Gasteiger partial charge on any atom is 0.310 e. The van der Waals surface area contributed by atoms with E-state index >= 15 is 0 Å². The van der Waals surface area contributed by atoms with Gasteiger partial charge in [-0.05, 0) is 30.2 Å². The Kier molecular flexibility index (Phi) is 6.26. The van der Waals surface area contributed by atoms with Crippen molar-refractivity contribution in [2.75, 3.05) is 6.61 Å². The first-order valence-corrected chi connectivity index (χ1v) is 9.07. The molecule has 9 nitrogen and oxygen atoms in total. The Balaban J connectivity index is 1.93. The Morgan fingerprint density at radius 2 is 1.81 bits per heavy atom. The maximum absolute atomic E-state index is 12.1. The van der Waals surface area contributed by atoms with Gasteiger partial charge in [-0.2, -0.15) is 0 Å². The van der Waals surface area contributed by atoms with E-state index in [9.17, 15) is 23.3 Å². The van der Waals surface area contributed by atoms with Crippen LogP contribution in [0.25, 0.3) is 0 Å². The number of benzene rings is 2. The van der Waals surface area contributed by atoms with Crippen molar-refractivity contribution in [3.05, 3.63) is 64.2 Å². The largest absolute Gasteiger partial charge is 0.477 e. The molecule has 2 rings (SSSR count). The fraction of sp³-hybridized carbons (Fsp3) is 0.188. The lowest BCUT2D eigenvalue weighted by Crippen LogP contribution is -2.43. The highest BCUT2D eigenvalue weighted by Gasteiger charge is 2.17. The van der Waals surface area contributed by atoms with E-state index in [1.54, 1.807) is 12.1 Å². The number of para-hydroxylation sites is 2. The van der Waals surface area contributed by atoms with Crippen LogP contribution in [0.15, 0.2) is 53.4 Å². The molecule has 2 aromatic rings. The van der Waals surface area contributed by atoms with Crippen molar-refractivity contribution in [3.8, 4) is 5.75 Å². The van der Waals surface area contributed by atoms with Crippen molar-refractivity contribution in [3.63, 3.8) is 0 Å². The molecule has 138 valence electrons. The second-order valence-electron chi connectivity index (χ2n) is 5.16. The van der Waals surface area contributed by atoms with Crippen LogP contribution in [-0.2, 0) is 21.2 Å². The number of hydrogen-bond acceptors (Lipinski definition) is 6. The summed E-state index contributed by atoms with van der Waals surface area (Å²) in [6.45, 7) is 1.35. The maximum atomic E-state index is 12.1. The second-order valence-corrected chi connectivity index (χ2v) is 6.85. The molecule has 0 aliphatic rings. The molecule has 0 atom stereocenters. The normalized spacial score (nSPS) is 11.0. The molecule has 10 heteroatoms. The second kappa shape index (κ2) is 8.41. The number of nitro benzene ring substituents is 1. The molecule has 0 aliphatic heterocycles. The van der Waals surface area contributed by atoms with Crippen molar-refractivity contribution >= 4 is 21.6 Å². The Bertz CT molecular complexity index is 896. The third-order valence-corrected chi connectivity index (χ3v) is 4.65. The minimum atomic E-state index is -3.93. The van der Waals surface area contributed by atoms with Crippen LogP contribution in [0.5, 0.6) is 5.75 Å². The highest BCUT2D eigenvalue weighted by molar-refractivity contribution is 7.89. The SMILES string of the molecule is CCc1ccc(S(=O)(=O)NNC(=O)COc2ccccc2[N+](=O)[O-])cc1. The molecule has 0 spiro atoms. The molecule has 0 aromatic heterocycles. The average molecular weight is 379 g/mol.